The van der Waals surface area contributed by atoms with Gasteiger partial charge in [-0.3, -0.25) is 9.59 Å². The second-order valence-electron chi connectivity index (χ2n) is 5.33. The monoisotopic (exact) mass is 347 g/mol. The van der Waals surface area contributed by atoms with Gasteiger partial charge in [0.15, 0.2) is 0 Å². The molecule has 1 rings (SSSR count). The summed E-state index contributed by atoms with van der Waals surface area (Å²) >= 11 is 0. The summed E-state index contributed by atoms with van der Waals surface area (Å²) in [5, 5.41) is 14.7. The molecular weight excluding hydrogens is 325 g/mol. The third-order valence-electron chi connectivity index (χ3n) is 3.20. The van der Waals surface area contributed by atoms with E-state index in [1.54, 1.807) is 19.9 Å². The predicted octanol–water partition coefficient (Wildman–Crippen LogP) is 0.497. The number of carbonyl (C=O) groups excluding carboxylic acids is 2. The molecule has 0 aromatic heterocycles. The summed E-state index contributed by atoms with van der Waals surface area (Å²) in [6, 6.07) is 5.09. The van der Waals surface area contributed by atoms with Crippen LogP contribution < -0.4 is 16.4 Å². The number of aliphatic hydroxyl groups is 1. The van der Waals surface area contributed by atoms with Crippen LogP contribution in [0.15, 0.2) is 24.3 Å². The molecule has 1 unspecified atom stereocenters. The van der Waals surface area contributed by atoms with E-state index in [0.717, 1.165) is 0 Å². The minimum Gasteiger partial charge on any atom is -0.386 e. The maximum Gasteiger partial charge on any atom is 0.239 e. The number of rotatable bonds is 7. The Balaban J connectivity index is 0.00000484. The average Bonchev–Trinajstić information content (AvgIpc) is 2.49. The maximum absolute atomic E-state index is 13.4. The molecular formula is C15H23ClFN3O3. The van der Waals surface area contributed by atoms with Gasteiger partial charge >= 0.3 is 0 Å². The summed E-state index contributed by atoms with van der Waals surface area (Å²) in [7, 11) is 0. The summed E-state index contributed by atoms with van der Waals surface area (Å²) < 4.78 is 13.4. The highest BCUT2D eigenvalue weighted by Gasteiger charge is 2.18. The fourth-order valence-electron chi connectivity index (χ4n) is 1.72. The van der Waals surface area contributed by atoms with E-state index < -0.39 is 29.8 Å². The molecule has 5 N–H and O–H groups in total. The van der Waals surface area contributed by atoms with Crippen molar-refractivity contribution in [1.29, 1.82) is 0 Å². The van der Waals surface area contributed by atoms with Crippen molar-refractivity contribution in [3.63, 3.8) is 0 Å². The van der Waals surface area contributed by atoms with Gasteiger partial charge < -0.3 is 21.5 Å². The Morgan fingerprint density at radius 2 is 1.87 bits per heavy atom. The topological polar surface area (TPSA) is 104 Å². The molecule has 0 bridgehead atoms. The highest BCUT2D eigenvalue weighted by atomic mass is 35.5. The van der Waals surface area contributed by atoms with Crippen LogP contribution in [0.4, 0.5) is 4.39 Å². The second kappa shape index (κ2) is 10.1. The van der Waals surface area contributed by atoms with Crippen LogP contribution >= 0.6 is 12.4 Å². The minimum atomic E-state index is -1.15. The van der Waals surface area contributed by atoms with Crippen LogP contribution in [0.1, 0.15) is 25.5 Å². The number of nitrogens with one attached hydrogen (secondary N) is 2. The smallest absolute Gasteiger partial charge is 0.239 e. The molecule has 23 heavy (non-hydrogen) atoms. The predicted molar refractivity (Wildman–Crippen MR) is 87.4 cm³/mol. The number of aliphatic hydroxyl groups excluding tert-OH is 1. The standard InChI is InChI=1S/C15H22FN3O3.ClH/c1-9(2)14(17)15(22)19-8-13(21)18-7-12(20)10-5-3-4-6-11(10)16;/h3-6,9,12,14,20H,7-8,17H2,1-2H3,(H,18,21)(H,19,22);1H/t12?,14-;/m0./s1. The van der Waals surface area contributed by atoms with Crippen LogP contribution in [0.5, 0.6) is 0 Å². The molecule has 0 aliphatic heterocycles. The van der Waals surface area contributed by atoms with Crippen LogP contribution in [0.3, 0.4) is 0 Å². The van der Waals surface area contributed by atoms with Crippen molar-refractivity contribution in [3.05, 3.63) is 35.6 Å². The van der Waals surface area contributed by atoms with Crippen molar-refractivity contribution in [1.82, 2.24) is 10.6 Å². The molecule has 1 aromatic rings. The lowest BCUT2D eigenvalue weighted by molar-refractivity contribution is -0.127. The number of halogens is 2. The molecule has 1 aromatic carbocycles. The van der Waals surface area contributed by atoms with Crippen LogP contribution in [-0.2, 0) is 9.59 Å². The number of benzene rings is 1. The highest BCUT2D eigenvalue weighted by Crippen LogP contribution is 2.15. The van der Waals surface area contributed by atoms with Crippen molar-refractivity contribution < 1.29 is 19.1 Å². The Morgan fingerprint density at radius 3 is 2.43 bits per heavy atom. The molecule has 0 saturated carbocycles. The van der Waals surface area contributed by atoms with E-state index in [1.807, 2.05) is 0 Å². The van der Waals surface area contributed by atoms with Gasteiger partial charge in [-0.05, 0) is 12.0 Å². The first-order chi connectivity index (χ1) is 10.3. The summed E-state index contributed by atoms with van der Waals surface area (Å²) in [5.41, 5.74) is 5.74. The summed E-state index contributed by atoms with van der Waals surface area (Å²) in [5.74, 6) is -1.48. The van der Waals surface area contributed by atoms with E-state index in [-0.39, 0.29) is 37.0 Å². The molecule has 0 radical (unpaired) electrons. The van der Waals surface area contributed by atoms with E-state index in [0.29, 0.717) is 0 Å². The molecule has 0 aliphatic carbocycles. The largest absolute Gasteiger partial charge is 0.386 e. The molecule has 0 spiro atoms. The fourth-order valence-corrected chi connectivity index (χ4v) is 1.72. The molecule has 0 saturated heterocycles. The number of nitrogens with two attached hydrogens (primary N) is 1. The molecule has 0 heterocycles. The lowest BCUT2D eigenvalue weighted by atomic mass is 10.1. The summed E-state index contributed by atoms with van der Waals surface area (Å²) in [4.78, 5) is 23.2. The Bertz CT molecular complexity index is 528. The minimum absolute atomic E-state index is 0. The maximum atomic E-state index is 13.4. The lowest BCUT2D eigenvalue weighted by Gasteiger charge is -2.16. The molecule has 0 fully saturated rings. The Morgan fingerprint density at radius 1 is 1.26 bits per heavy atom. The first-order valence-electron chi connectivity index (χ1n) is 7.05. The highest BCUT2D eigenvalue weighted by molar-refractivity contribution is 5.87. The molecule has 130 valence electrons. The second-order valence-corrected chi connectivity index (χ2v) is 5.33. The first kappa shape index (κ1) is 21.3. The van der Waals surface area contributed by atoms with Gasteiger partial charge in [-0.25, -0.2) is 4.39 Å². The average molecular weight is 348 g/mol. The van der Waals surface area contributed by atoms with Crippen molar-refractivity contribution in [3.8, 4) is 0 Å². The Kier molecular flexibility index (Phi) is 9.40. The third-order valence-corrected chi connectivity index (χ3v) is 3.20. The van der Waals surface area contributed by atoms with E-state index >= 15 is 0 Å². The zero-order chi connectivity index (χ0) is 16.7. The van der Waals surface area contributed by atoms with Crippen LogP contribution in [-0.4, -0.2) is 36.1 Å². The van der Waals surface area contributed by atoms with E-state index in [1.165, 1.54) is 18.2 Å². The van der Waals surface area contributed by atoms with Gasteiger partial charge in [0.2, 0.25) is 11.8 Å². The van der Waals surface area contributed by atoms with Crippen LogP contribution in [0.2, 0.25) is 0 Å². The molecule has 2 atom stereocenters. The van der Waals surface area contributed by atoms with Gasteiger partial charge in [0.05, 0.1) is 18.7 Å². The van der Waals surface area contributed by atoms with E-state index in [9.17, 15) is 19.1 Å². The van der Waals surface area contributed by atoms with Gasteiger partial charge in [-0.15, -0.1) is 12.4 Å². The van der Waals surface area contributed by atoms with E-state index in [4.69, 9.17) is 5.73 Å². The summed E-state index contributed by atoms with van der Waals surface area (Å²) in [6.45, 7) is 3.21. The normalized spacial score (nSPS) is 13.0. The zero-order valence-electron chi connectivity index (χ0n) is 13.1. The van der Waals surface area contributed by atoms with Gasteiger partial charge in [0.25, 0.3) is 0 Å². The zero-order valence-corrected chi connectivity index (χ0v) is 13.9. The summed E-state index contributed by atoms with van der Waals surface area (Å²) in [6.07, 6.45) is -1.15. The van der Waals surface area contributed by atoms with Crippen LogP contribution in [0, 0.1) is 11.7 Å². The van der Waals surface area contributed by atoms with Crippen molar-refractivity contribution in [2.24, 2.45) is 11.7 Å². The van der Waals surface area contributed by atoms with Crippen molar-refractivity contribution >= 4 is 24.2 Å². The van der Waals surface area contributed by atoms with Gasteiger partial charge in [-0.2, -0.15) is 0 Å². The first-order valence-corrected chi connectivity index (χ1v) is 7.05. The number of carbonyl (C=O) groups is 2. The quantitative estimate of drug-likeness (QED) is 0.576. The Labute approximate surface area is 141 Å². The van der Waals surface area contributed by atoms with Crippen molar-refractivity contribution in [2.75, 3.05) is 13.1 Å². The van der Waals surface area contributed by atoms with Gasteiger partial charge in [-0.1, -0.05) is 32.0 Å². The SMILES string of the molecule is CC(C)[C@H](N)C(=O)NCC(=O)NCC(O)c1ccccc1F.Cl. The number of hydrogen-bond donors (Lipinski definition) is 4. The number of amides is 2. The van der Waals surface area contributed by atoms with Gasteiger partial charge in [0.1, 0.15) is 5.82 Å². The lowest BCUT2D eigenvalue weighted by Crippen LogP contribution is -2.47. The fraction of sp³-hybridized carbons (Fsp3) is 0.467. The molecule has 8 heteroatoms. The van der Waals surface area contributed by atoms with E-state index in [2.05, 4.69) is 10.6 Å². The molecule has 2 amide bonds. The number of hydrogen-bond acceptors (Lipinski definition) is 4. The molecule has 0 aliphatic rings. The molecule has 6 nitrogen and oxygen atoms in total. The third kappa shape index (κ3) is 6.94. The Hall–Kier alpha value is -1.70. The van der Waals surface area contributed by atoms with Crippen LogP contribution in [0.25, 0.3) is 0 Å². The van der Waals surface area contributed by atoms with Crippen molar-refractivity contribution in [2.45, 2.75) is 26.0 Å². The van der Waals surface area contributed by atoms with Gasteiger partial charge in [0, 0.05) is 12.1 Å².